The van der Waals surface area contributed by atoms with Crippen molar-refractivity contribution >= 4 is 11.3 Å². The minimum atomic E-state index is 0.644. The van der Waals surface area contributed by atoms with Gasteiger partial charge in [0, 0.05) is 11.8 Å². The summed E-state index contributed by atoms with van der Waals surface area (Å²) in [4.78, 5) is 4.45. The average Bonchev–Trinajstić information content (AvgIpc) is 3.00. The third-order valence-electron chi connectivity index (χ3n) is 3.11. The molecule has 1 N–H and O–H groups in total. The highest BCUT2D eigenvalue weighted by Crippen LogP contribution is 2.21. The highest BCUT2D eigenvalue weighted by molar-refractivity contribution is 7.08. The van der Waals surface area contributed by atoms with Crippen molar-refractivity contribution < 1.29 is 4.52 Å². The fourth-order valence-corrected chi connectivity index (χ4v) is 2.83. The lowest BCUT2D eigenvalue weighted by Crippen LogP contribution is -2.31. The summed E-state index contributed by atoms with van der Waals surface area (Å²) in [6, 6.07) is 2.00. The predicted octanol–water partition coefficient (Wildman–Crippen LogP) is 2.34. The van der Waals surface area contributed by atoms with Gasteiger partial charge < -0.3 is 9.84 Å². The second-order valence-corrected chi connectivity index (χ2v) is 5.22. The van der Waals surface area contributed by atoms with Crippen molar-refractivity contribution in [3.05, 3.63) is 22.7 Å². The first-order chi connectivity index (χ1) is 8.42. The lowest BCUT2D eigenvalue weighted by molar-refractivity contribution is 0.360. The number of aromatic nitrogens is 2. The Bertz CT molecular complexity index is 460. The van der Waals surface area contributed by atoms with E-state index in [1.54, 1.807) is 11.3 Å². The van der Waals surface area contributed by atoms with E-state index in [4.69, 9.17) is 4.52 Å². The number of rotatable bonds is 3. The third kappa shape index (κ3) is 2.56. The molecule has 0 saturated carbocycles. The molecule has 3 heterocycles. The Kier molecular flexibility index (Phi) is 3.20. The van der Waals surface area contributed by atoms with Crippen molar-refractivity contribution in [3.63, 3.8) is 0 Å². The van der Waals surface area contributed by atoms with Crippen LogP contribution in [0, 0.1) is 5.92 Å². The number of nitrogens with one attached hydrogen (secondary N) is 1. The molecule has 1 aliphatic rings. The number of piperidine rings is 1. The smallest absolute Gasteiger partial charge is 0.258 e. The van der Waals surface area contributed by atoms with Crippen LogP contribution in [0.2, 0.25) is 0 Å². The first-order valence-corrected chi connectivity index (χ1v) is 6.92. The van der Waals surface area contributed by atoms with Crippen molar-refractivity contribution in [1.82, 2.24) is 15.5 Å². The topological polar surface area (TPSA) is 51.0 Å². The Balaban J connectivity index is 1.68. The average molecular weight is 249 g/mol. The molecule has 0 aliphatic carbocycles. The summed E-state index contributed by atoms with van der Waals surface area (Å²) < 4.78 is 5.28. The molecule has 1 saturated heterocycles. The SMILES string of the molecule is c1cc(-c2nc(CC3CCCNC3)no2)cs1. The minimum Gasteiger partial charge on any atom is -0.334 e. The van der Waals surface area contributed by atoms with Gasteiger partial charge in [0.1, 0.15) is 0 Å². The molecule has 0 radical (unpaired) electrons. The van der Waals surface area contributed by atoms with Gasteiger partial charge in [-0.3, -0.25) is 0 Å². The molecule has 1 atom stereocenters. The highest BCUT2D eigenvalue weighted by Gasteiger charge is 2.17. The normalized spacial score (nSPS) is 20.6. The Labute approximate surface area is 104 Å². The molecule has 5 heteroatoms. The second kappa shape index (κ2) is 4.98. The van der Waals surface area contributed by atoms with Crippen LogP contribution in [0.25, 0.3) is 11.5 Å². The lowest BCUT2D eigenvalue weighted by atomic mass is 9.96. The van der Waals surface area contributed by atoms with Gasteiger partial charge in [-0.05, 0) is 43.3 Å². The van der Waals surface area contributed by atoms with E-state index < -0.39 is 0 Å². The predicted molar refractivity (Wildman–Crippen MR) is 66.9 cm³/mol. The van der Waals surface area contributed by atoms with E-state index in [9.17, 15) is 0 Å². The van der Waals surface area contributed by atoms with Crippen LogP contribution >= 0.6 is 11.3 Å². The Morgan fingerprint density at radius 1 is 1.53 bits per heavy atom. The molecule has 90 valence electrons. The summed E-state index contributed by atoms with van der Waals surface area (Å²) in [6.07, 6.45) is 3.43. The Hall–Kier alpha value is -1.20. The molecule has 2 aromatic rings. The van der Waals surface area contributed by atoms with E-state index >= 15 is 0 Å². The van der Waals surface area contributed by atoms with Gasteiger partial charge in [-0.1, -0.05) is 5.16 Å². The summed E-state index contributed by atoms with van der Waals surface area (Å²) >= 11 is 1.64. The lowest BCUT2D eigenvalue weighted by Gasteiger charge is -2.20. The van der Waals surface area contributed by atoms with Gasteiger partial charge in [0.05, 0.1) is 5.56 Å². The van der Waals surface area contributed by atoms with Gasteiger partial charge in [0.15, 0.2) is 5.82 Å². The number of nitrogens with zero attached hydrogens (tertiary/aromatic N) is 2. The molecule has 4 nitrogen and oxygen atoms in total. The Morgan fingerprint density at radius 3 is 3.29 bits per heavy atom. The maximum absolute atomic E-state index is 5.28. The van der Waals surface area contributed by atoms with E-state index in [1.165, 1.54) is 12.8 Å². The fraction of sp³-hybridized carbons (Fsp3) is 0.500. The molecule has 0 spiro atoms. The van der Waals surface area contributed by atoms with Gasteiger partial charge >= 0.3 is 0 Å². The van der Waals surface area contributed by atoms with E-state index in [1.807, 2.05) is 16.8 Å². The summed E-state index contributed by atoms with van der Waals surface area (Å²) in [5.41, 5.74) is 1.02. The van der Waals surface area contributed by atoms with Crippen molar-refractivity contribution in [2.75, 3.05) is 13.1 Å². The van der Waals surface area contributed by atoms with Crippen LogP contribution < -0.4 is 5.32 Å². The zero-order chi connectivity index (χ0) is 11.5. The van der Waals surface area contributed by atoms with Crippen LogP contribution in [0.3, 0.4) is 0 Å². The van der Waals surface area contributed by atoms with Gasteiger partial charge in [-0.2, -0.15) is 16.3 Å². The molecule has 3 rings (SSSR count). The molecule has 1 unspecified atom stereocenters. The summed E-state index contributed by atoms with van der Waals surface area (Å²) in [6.45, 7) is 2.21. The second-order valence-electron chi connectivity index (χ2n) is 4.44. The van der Waals surface area contributed by atoms with E-state index in [2.05, 4.69) is 15.5 Å². The molecule has 0 amide bonds. The third-order valence-corrected chi connectivity index (χ3v) is 3.79. The van der Waals surface area contributed by atoms with Crippen LogP contribution in [0.15, 0.2) is 21.3 Å². The van der Waals surface area contributed by atoms with Crippen LogP contribution in [-0.2, 0) is 6.42 Å². The van der Waals surface area contributed by atoms with Crippen molar-refractivity contribution in [3.8, 4) is 11.5 Å². The first-order valence-electron chi connectivity index (χ1n) is 5.98. The van der Waals surface area contributed by atoms with Crippen LogP contribution in [0.1, 0.15) is 18.7 Å². The zero-order valence-corrected chi connectivity index (χ0v) is 10.4. The highest BCUT2D eigenvalue weighted by atomic mass is 32.1. The van der Waals surface area contributed by atoms with Crippen molar-refractivity contribution in [2.45, 2.75) is 19.3 Å². The standard InChI is InChI=1S/C12H15N3OS/c1-2-9(7-13-4-1)6-11-14-12(16-15-11)10-3-5-17-8-10/h3,5,8-9,13H,1-2,4,6-7H2. The van der Waals surface area contributed by atoms with Crippen molar-refractivity contribution in [2.24, 2.45) is 5.92 Å². The molecule has 0 bridgehead atoms. The molecule has 2 aromatic heterocycles. The van der Waals surface area contributed by atoms with Crippen LogP contribution in [0.4, 0.5) is 0 Å². The summed E-state index contributed by atoms with van der Waals surface area (Å²) in [5, 5.41) is 11.5. The zero-order valence-electron chi connectivity index (χ0n) is 9.56. The first kappa shape index (κ1) is 10.9. The molecular weight excluding hydrogens is 234 g/mol. The minimum absolute atomic E-state index is 0.644. The molecular formula is C12H15N3OS. The molecule has 0 aromatic carbocycles. The summed E-state index contributed by atoms with van der Waals surface area (Å²) in [5.74, 6) is 2.13. The molecule has 17 heavy (non-hydrogen) atoms. The fourth-order valence-electron chi connectivity index (χ4n) is 2.20. The van der Waals surface area contributed by atoms with Crippen LogP contribution in [0.5, 0.6) is 0 Å². The van der Waals surface area contributed by atoms with E-state index in [0.29, 0.717) is 11.8 Å². The molecule has 1 aliphatic heterocycles. The van der Waals surface area contributed by atoms with Gasteiger partial charge in [0.25, 0.3) is 5.89 Å². The number of hydrogen-bond donors (Lipinski definition) is 1. The van der Waals surface area contributed by atoms with E-state index in [-0.39, 0.29) is 0 Å². The van der Waals surface area contributed by atoms with Crippen molar-refractivity contribution in [1.29, 1.82) is 0 Å². The van der Waals surface area contributed by atoms with Gasteiger partial charge in [-0.15, -0.1) is 0 Å². The Morgan fingerprint density at radius 2 is 2.53 bits per heavy atom. The van der Waals surface area contributed by atoms with Gasteiger partial charge in [0.2, 0.25) is 0 Å². The number of hydrogen-bond acceptors (Lipinski definition) is 5. The summed E-state index contributed by atoms with van der Waals surface area (Å²) in [7, 11) is 0. The largest absolute Gasteiger partial charge is 0.334 e. The molecule has 1 fully saturated rings. The monoisotopic (exact) mass is 249 g/mol. The van der Waals surface area contributed by atoms with Gasteiger partial charge in [-0.25, -0.2) is 0 Å². The maximum atomic E-state index is 5.28. The van der Waals surface area contributed by atoms with E-state index in [0.717, 1.165) is 30.9 Å². The maximum Gasteiger partial charge on any atom is 0.258 e. The quantitative estimate of drug-likeness (QED) is 0.907. The number of thiophene rings is 1. The van der Waals surface area contributed by atoms with Crippen LogP contribution in [-0.4, -0.2) is 23.2 Å².